The van der Waals surface area contributed by atoms with Crippen LogP contribution in [0, 0.1) is 10.1 Å². The third-order valence-corrected chi connectivity index (χ3v) is 4.11. The van der Waals surface area contributed by atoms with Crippen molar-refractivity contribution in [3.8, 4) is 0 Å². The first-order valence-electron chi connectivity index (χ1n) is 5.10. The Kier molecular flexibility index (Phi) is 6.33. The second-order valence-electron chi connectivity index (χ2n) is 3.15. The van der Waals surface area contributed by atoms with Crippen molar-refractivity contribution >= 4 is 45.3 Å². The highest BCUT2D eigenvalue weighted by molar-refractivity contribution is 9.11. The molecule has 5 nitrogen and oxygen atoms in total. The molecular formula is C11H9BrClNO4S. The summed E-state index contributed by atoms with van der Waals surface area (Å²) in [7, 11) is 0. The maximum Gasteiger partial charge on any atom is 0.352 e. The van der Waals surface area contributed by atoms with Crippen molar-refractivity contribution in [2.45, 2.75) is 11.8 Å². The Morgan fingerprint density at radius 3 is 2.53 bits per heavy atom. The first kappa shape index (κ1) is 16.0. The average molecular weight is 367 g/mol. The highest BCUT2D eigenvalue weighted by atomic mass is 79.9. The maximum atomic E-state index is 11.7. The second-order valence-corrected chi connectivity index (χ2v) is 5.42. The molecule has 0 aliphatic rings. The SMILES string of the molecule is CCOC(=O)C(Sc1ccc(Cl)cc1)=C(Br)[N+](=O)[O-]. The van der Waals surface area contributed by atoms with E-state index in [9.17, 15) is 14.9 Å². The molecule has 0 saturated carbocycles. The van der Waals surface area contributed by atoms with Gasteiger partial charge in [0, 0.05) is 25.8 Å². The maximum absolute atomic E-state index is 11.7. The summed E-state index contributed by atoms with van der Waals surface area (Å²) >= 11 is 9.47. The average Bonchev–Trinajstić information content (AvgIpc) is 2.37. The molecule has 0 unspecified atom stereocenters. The lowest BCUT2D eigenvalue weighted by Gasteiger charge is -2.05. The molecule has 0 spiro atoms. The van der Waals surface area contributed by atoms with Crippen LogP contribution >= 0.6 is 39.3 Å². The molecule has 0 heterocycles. The molecule has 1 rings (SSSR count). The summed E-state index contributed by atoms with van der Waals surface area (Å²) in [5.74, 6) is -0.744. The Morgan fingerprint density at radius 2 is 2.05 bits per heavy atom. The minimum absolute atomic E-state index is 0.117. The summed E-state index contributed by atoms with van der Waals surface area (Å²) < 4.78 is 4.37. The zero-order valence-corrected chi connectivity index (χ0v) is 12.9. The van der Waals surface area contributed by atoms with Gasteiger partial charge in [-0.1, -0.05) is 23.4 Å². The Balaban J connectivity index is 3.05. The van der Waals surface area contributed by atoms with E-state index in [1.807, 2.05) is 0 Å². The van der Waals surface area contributed by atoms with Crippen LogP contribution < -0.4 is 0 Å². The van der Waals surface area contributed by atoms with Crippen LogP contribution in [-0.2, 0) is 9.53 Å². The van der Waals surface area contributed by atoms with Gasteiger partial charge in [0.2, 0.25) is 0 Å². The molecule has 0 bridgehead atoms. The summed E-state index contributed by atoms with van der Waals surface area (Å²) in [6, 6.07) is 6.58. The molecule has 0 aliphatic heterocycles. The van der Waals surface area contributed by atoms with Crippen molar-refractivity contribution in [2.75, 3.05) is 6.61 Å². The molecule has 8 heteroatoms. The highest BCUT2D eigenvalue weighted by Gasteiger charge is 2.24. The predicted molar refractivity (Wildman–Crippen MR) is 76.9 cm³/mol. The molecule has 0 saturated heterocycles. The van der Waals surface area contributed by atoms with Crippen molar-refractivity contribution in [1.82, 2.24) is 0 Å². The van der Waals surface area contributed by atoms with Gasteiger partial charge in [-0.15, -0.1) is 0 Å². The number of carbonyl (C=O) groups excluding carboxylic acids is 1. The van der Waals surface area contributed by atoms with Gasteiger partial charge in [0.1, 0.15) is 0 Å². The van der Waals surface area contributed by atoms with Gasteiger partial charge < -0.3 is 4.74 Å². The fraction of sp³-hybridized carbons (Fsp3) is 0.182. The van der Waals surface area contributed by atoms with E-state index in [4.69, 9.17) is 16.3 Å². The third-order valence-electron chi connectivity index (χ3n) is 1.84. The molecule has 1 aromatic rings. The summed E-state index contributed by atoms with van der Waals surface area (Å²) in [5, 5.41) is 11.3. The lowest BCUT2D eigenvalue weighted by molar-refractivity contribution is -0.409. The van der Waals surface area contributed by atoms with Crippen LogP contribution in [-0.4, -0.2) is 17.5 Å². The van der Waals surface area contributed by atoms with Crippen LogP contribution in [0.2, 0.25) is 5.02 Å². The molecule has 1 aromatic carbocycles. The predicted octanol–water partition coefficient (Wildman–Crippen LogP) is 3.84. The summed E-state index contributed by atoms with van der Waals surface area (Å²) in [4.78, 5) is 22.3. The van der Waals surface area contributed by atoms with Crippen molar-refractivity contribution in [2.24, 2.45) is 0 Å². The number of halogens is 2. The van der Waals surface area contributed by atoms with Gasteiger partial charge in [0.15, 0.2) is 4.91 Å². The van der Waals surface area contributed by atoms with E-state index in [1.54, 1.807) is 31.2 Å². The van der Waals surface area contributed by atoms with Crippen LogP contribution in [0.3, 0.4) is 0 Å². The van der Waals surface area contributed by atoms with Crippen LogP contribution in [0.25, 0.3) is 0 Å². The standard InChI is InChI=1S/C11H9BrClNO4S/c1-2-18-11(15)9(10(12)14(16)17)19-8-5-3-7(13)4-6-8/h3-6H,2H2,1H3. The van der Waals surface area contributed by atoms with E-state index >= 15 is 0 Å². The van der Waals surface area contributed by atoms with Crippen molar-refractivity contribution in [1.29, 1.82) is 0 Å². The molecule has 0 aromatic heterocycles. The quantitative estimate of drug-likeness (QED) is 0.198. The minimum atomic E-state index is -0.744. The van der Waals surface area contributed by atoms with E-state index in [1.165, 1.54) is 0 Å². The van der Waals surface area contributed by atoms with E-state index in [2.05, 4.69) is 15.9 Å². The molecule has 0 aliphatic carbocycles. The number of hydrogen-bond donors (Lipinski definition) is 0. The van der Waals surface area contributed by atoms with Gasteiger partial charge in [0.25, 0.3) is 0 Å². The highest BCUT2D eigenvalue weighted by Crippen LogP contribution is 2.32. The number of hydrogen-bond acceptors (Lipinski definition) is 5. The van der Waals surface area contributed by atoms with Gasteiger partial charge in [-0.05, 0) is 31.2 Å². The number of rotatable bonds is 5. The van der Waals surface area contributed by atoms with Crippen LogP contribution in [0.4, 0.5) is 0 Å². The van der Waals surface area contributed by atoms with E-state index in [0.717, 1.165) is 11.8 Å². The number of esters is 1. The van der Waals surface area contributed by atoms with Crippen LogP contribution in [0.1, 0.15) is 6.92 Å². The Morgan fingerprint density at radius 1 is 1.47 bits per heavy atom. The molecule has 0 fully saturated rings. The lowest BCUT2D eigenvalue weighted by atomic mass is 10.4. The number of benzene rings is 1. The van der Waals surface area contributed by atoms with E-state index in [-0.39, 0.29) is 11.5 Å². The Bertz CT molecular complexity index is 518. The topological polar surface area (TPSA) is 69.4 Å². The van der Waals surface area contributed by atoms with Gasteiger partial charge in [-0.25, -0.2) is 4.79 Å². The van der Waals surface area contributed by atoms with Gasteiger partial charge in [-0.2, -0.15) is 0 Å². The van der Waals surface area contributed by atoms with E-state index < -0.39 is 15.5 Å². The minimum Gasteiger partial charge on any atom is -0.462 e. The molecule has 0 radical (unpaired) electrons. The Labute approximate surface area is 127 Å². The van der Waals surface area contributed by atoms with Crippen molar-refractivity contribution in [3.63, 3.8) is 0 Å². The number of carbonyl (C=O) groups is 1. The molecule has 0 amide bonds. The summed E-state index contributed by atoms with van der Waals surface area (Å²) in [6.07, 6.45) is 0. The van der Waals surface area contributed by atoms with Crippen molar-refractivity contribution < 1.29 is 14.5 Å². The van der Waals surface area contributed by atoms with Crippen molar-refractivity contribution in [3.05, 3.63) is 48.9 Å². The zero-order valence-electron chi connectivity index (χ0n) is 9.76. The smallest absolute Gasteiger partial charge is 0.352 e. The van der Waals surface area contributed by atoms with Gasteiger partial charge in [0.05, 0.1) is 11.5 Å². The first-order valence-corrected chi connectivity index (χ1v) is 7.09. The number of nitro groups is 1. The van der Waals surface area contributed by atoms with E-state index in [0.29, 0.717) is 9.92 Å². The monoisotopic (exact) mass is 365 g/mol. The van der Waals surface area contributed by atoms with Gasteiger partial charge >= 0.3 is 10.6 Å². The molecule has 102 valence electrons. The normalized spacial score (nSPS) is 11.7. The van der Waals surface area contributed by atoms with Gasteiger partial charge in [-0.3, -0.25) is 10.1 Å². The number of nitrogens with zero attached hydrogens (tertiary/aromatic N) is 1. The number of thioether (sulfide) groups is 1. The first-order chi connectivity index (χ1) is 8.95. The Hall–Kier alpha value is -1.05. The largest absolute Gasteiger partial charge is 0.462 e. The third kappa shape index (κ3) is 4.85. The number of ether oxygens (including phenoxy) is 1. The summed E-state index contributed by atoms with van der Waals surface area (Å²) in [5.41, 5.74) is 0. The molecule has 0 N–H and O–H groups in total. The molecular weight excluding hydrogens is 358 g/mol. The van der Waals surface area contributed by atoms with Crippen LogP contribution in [0.5, 0.6) is 0 Å². The molecule has 0 atom stereocenters. The second kappa shape index (κ2) is 7.52. The fourth-order valence-electron chi connectivity index (χ4n) is 1.07. The van der Waals surface area contributed by atoms with Crippen LogP contribution in [0.15, 0.2) is 38.7 Å². The zero-order chi connectivity index (χ0) is 14.4. The lowest BCUT2D eigenvalue weighted by Crippen LogP contribution is -2.09. The fourth-order valence-corrected chi connectivity index (χ4v) is 2.41. The summed E-state index contributed by atoms with van der Waals surface area (Å²) in [6.45, 7) is 1.77. The molecule has 19 heavy (non-hydrogen) atoms.